The Morgan fingerprint density at radius 2 is 2.00 bits per heavy atom. The van der Waals surface area contributed by atoms with Gasteiger partial charge in [0.2, 0.25) is 11.8 Å². The number of benzene rings is 1. The SMILES string of the molecule is CC(N)C(C)C(=O)N(C)C1CCN(c2ccccc2Cl)C1=O.Cl. The first-order valence-electron chi connectivity index (χ1n) is 7.42. The lowest BCUT2D eigenvalue weighted by Crippen LogP contribution is -2.47. The molecule has 0 bridgehead atoms. The number of para-hydroxylation sites is 1. The van der Waals surface area contributed by atoms with Crippen LogP contribution in [-0.4, -0.2) is 42.4 Å². The third kappa shape index (κ3) is 3.97. The highest BCUT2D eigenvalue weighted by Gasteiger charge is 2.39. The van der Waals surface area contributed by atoms with Crippen molar-refractivity contribution in [1.29, 1.82) is 0 Å². The van der Waals surface area contributed by atoms with Crippen LogP contribution >= 0.6 is 24.0 Å². The number of nitrogens with two attached hydrogens (primary N) is 1. The third-order valence-corrected chi connectivity index (χ3v) is 4.63. The highest BCUT2D eigenvalue weighted by atomic mass is 35.5. The molecule has 2 N–H and O–H groups in total. The van der Waals surface area contributed by atoms with E-state index in [-0.39, 0.29) is 36.2 Å². The number of carbonyl (C=O) groups is 2. The van der Waals surface area contributed by atoms with Gasteiger partial charge in [-0.15, -0.1) is 12.4 Å². The van der Waals surface area contributed by atoms with Crippen LogP contribution in [0.15, 0.2) is 24.3 Å². The quantitative estimate of drug-likeness (QED) is 0.896. The van der Waals surface area contributed by atoms with E-state index in [1.807, 2.05) is 18.2 Å². The highest BCUT2D eigenvalue weighted by molar-refractivity contribution is 6.34. The van der Waals surface area contributed by atoms with Crippen LogP contribution in [0.3, 0.4) is 0 Å². The zero-order valence-corrected chi connectivity index (χ0v) is 15.1. The minimum absolute atomic E-state index is 0. The molecule has 2 amide bonds. The van der Waals surface area contributed by atoms with Crippen LogP contribution < -0.4 is 10.6 Å². The van der Waals surface area contributed by atoms with Gasteiger partial charge in [-0.25, -0.2) is 0 Å². The Morgan fingerprint density at radius 1 is 1.39 bits per heavy atom. The average Bonchev–Trinajstić information content (AvgIpc) is 2.87. The number of carbonyl (C=O) groups excluding carboxylic acids is 2. The van der Waals surface area contributed by atoms with E-state index in [9.17, 15) is 9.59 Å². The molecule has 0 aromatic heterocycles. The average molecular weight is 360 g/mol. The summed E-state index contributed by atoms with van der Waals surface area (Å²) in [4.78, 5) is 28.2. The zero-order chi connectivity index (χ0) is 16.4. The summed E-state index contributed by atoms with van der Waals surface area (Å²) in [7, 11) is 1.67. The molecular formula is C16H23Cl2N3O2. The Kier molecular flexibility index (Phi) is 6.86. The van der Waals surface area contributed by atoms with Crippen molar-refractivity contribution < 1.29 is 9.59 Å². The van der Waals surface area contributed by atoms with Gasteiger partial charge in [0.15, 0.2) is 0 Å². The van der Waals surface area contributed by atoms with Gasteiger partial charge >= 0.3 is 0 Å². The molecule has 1 heterocycles. The van der Waals surface area contributed by atoms with Crippen LogP contribution in [0.2, 0.25) is 5.02 Å². The van der Waals surface area contributed by atoms with E-state index >= 15 is 0 Å². The number of hydrogen-bond acceptors (Lipinski definition) is 3. The molecule has 1 aliphatic heterocycles. The Labute approximate surface area is 148 Å². The van der Waals surface area contributed by atoms with Gasteiger partial charge in [0, 0.05) is 19.6 Å². The fourth-order valence-corrected chi connectivity index (χ4v) is 2.87. The zero-order valence-electron chi connectivity index (χ0n) is 13.5. The summed E-state index contributed by atoms with van der Waals surface area (Å²) < 4.78 is 0. The summed E-state index contributed by atoms with van der Waals surface area (Å²) in [6, 6.07) is 6.54. The Hall–Kier alpha value is -1.30. The van der Waals surface area contributed by atoms with E-state index in [2.05, 4.69) is 0 Å². The lowest BCUT2D eigenvalue weighted by Gasteiger charge is -2.28. The summed E-state index contributed by atoms with van der Waals surface area (Å²) in [6.45, 7) is 4.13. The molecule has 128 valence electrons. The Balaban J connectivity index is 0.00000264. The molecule has 0 saturated carbocycles. The molecule has 3 unspecified atom stereocenters. The molecule has 3 atom stereocenters. The van der Waals surface area contributed by atoms with Crippen LogP contribution in [0, 0.1) is 5.92 Å². The second-order valence-corrected chi connectivity index (χ2v) is 6.25. The monoisotopic (exact) mass is 359 g/mol. The molecule has 1 aromatic carbocycles. The second-order valence-electron chi connectivity index (χ2n) is 5.84. The molecule has 1 fully saturated rings. The maximum Gasteiger partial charge on any atom is 0.249 e. The van der Waals surface area contributed by atoms with Crippen LogP contribution in [0.1, 0.15) is 20.3 Å². The van der Waals surface area contributed by atoms with Gasteiger partial charge in [-0.05, 0) is 25.5 Å². The normalized spacial score (nSPS) is 20.0. The fourth-order valence-electron chi connectivity index (χ4n) is 2.63. The number of likely N-dealkylation sites (N-methyl/N-ethyl adjacent to an activating group) is 1. The Bertz CT molecular complexity index is 580. The van der Waals surface area contributed by atoms with E-state index in [1.54, 1.807) is 31.9 Å². The van der Waals surface area contributed by atoms with Crippen LogP contribution in [0.4, 0.5) is 5.69 Å². The number of halogens is 2. The molecule has 23 heavy (non-hydrogen) atoms. The van der Waals surface area contributed by atoms with E-state index < -0.39 is 6.04 Å². The molecule has 0 aliphatic carbocycles. The molecule has 0 spiro atoms. The lowest BCUT2D eigenvalue weighted by molar-refractivity contribution is -0.140. The van der Waals surface area contributed by atoms with Crippen molar-refractivity contribution in [2.75, 3.05) is 18.5 Å². The molecule has 7 heteroatoms. The van der Waals surface area contributed by atoms with Crippen LogP contribution in [-0.2, 0) is 9.59 Å². The van der Waals surface area contributed by atoms with Gasteiger partial charge in [-0.2, -0.15) is 0 Å². The molecule has 2 rings (SSSR count). The van der Waals surface area contributed by atoms with Crippen molar-refractivity contribution in [2.45, 2.75) is 32.4 Å². The number of amides is 2. The van der Waals surface area contributed by atoms with Crippen molar-refractivity contribution >= 4 is 41.5 Å². The van der Waals surface area contributed by atoms with Crippen molar-refractivity contribution in [3.63, 3.8) is 0 Å². The van der Waals surface area contributed by atoms with Gasteiger partial charge < -0.3 is 15.5 Å². The smallest absolute Gasteiger partial charge is 0.249 e. The summed E-state index contributed by atoms with van der Waals surface area (Å²) in [5.41, 5.74) is 6.48. The molecule has 1 aliphatic rings. The largest absolute Gasteiger partial charge is 0.333 e. The standard InChI is InChI=1S/C16H22ClN3O2.ClH/c1-10(11(2)18)15(21)19(3)14-8-9-20(16(14)22)13-7-5-4-6-12(13)17;/h4-7,10-11,14H,8-9,18H2,1-3H3;1H. The maximum absolute atomic E-state index is 12.6. The van der Waals surface area contributed by atoms with E-state index in [4.69, 9.17) is 17.3 Å². The summed E-state index contributed by atoms with van der Waals surface area (Å²) in [6.07, 6.45) is 0.595. The predicted octanol–water partition coefficient (Wildman–Crippen LogP) is 2.31. The predicted molar refractivity (Wildman–Crippen MR) is 95.0 cm³/mol. The summed E-state index contributed by atoms with van der Waals surface area (Å²) >= 11 is 6.16. The highest BCUT2D eigenvalue weighted by Crippen LogP contribution is 2.30. The van der Waals surface area contributed by atoms with Gasteiger partial charge in [0.25, 0.3) is 0 Å². The van der Waals surface area contributed by atoms with Crippen molar-refractivity contribution in [3.8, 4) is 0 Å². The van der Waals surface area contributed by atoms with Gasteiger partial charge in [0.1, 0.15) is 6.04 Å². The number of nitrogens with zero attached hydrogens (tertiary/aromatic N) is 2. The lowest BCUT2D eigenvalue weighted by atomic mass is 10.0. The minimum atomic E-state index is -0.454. The number of rotatable bonds is 4. The van der Waals surface area contributed by atoms with Crippen LogP contribution in [0.25, 0.3) is 0 Å². The van der Waals surface area contributed by atoms with Gasteiger partial charge in [-0.1, -0.05) is 30.7 Å². The van der Waals surface area contributed by atoms with E-state index in [0.717, 1.165) is 0 Å². The fraction of sp³-hybridized carbons (Fsp3) is 0.500. The molecule has 0 radical (unpaired) electrons. The summed E-state index contributed by atoms with van der Waals surface area (Å²) in [5, 5.41) is 0.537. The van der Waals surface area contributed by atoms with Crippen molar-refractivity contribution in [2.24, 2.45) is 11.7 Å². The van der Waals surface area contributed by atoms with Crippen LogP contribution in [0.5, 0.6) is 0 Å². The molecule has 1 saturated heterocycles. The Morgan fingerprint density at radius 3 is 2.57 bits per heavy atom. The molecule has 5 nitrogen and oxygen atoms in total. The first kappa shape index (κ1) is 19.7. The van der Waals surface area contributed by atoms with Gasteiger partial charge in [-0.3, -0.25) is 9.59 Å². The second kappa shape index (κ2) is 7.99. The maximum atomic E-state index is 12.6. The number of anilines is 1. The van der Waals surface area contributed by atoms with Gasteiger partial charge in [0.05, 0.1) is 16.6 Å². The minimum Gasteiger partial charge on any atom is -0.333 e. The molecule has 1 aromatic rings. The molecular weight excluding hydrogens is 337 g/mol. The van der Waals surface area contributed by atoms with Crippen molar-refractivity contribution in [1.82, 2.24) is 4.90 Å². The first-order chi connectivity index (χ1) is 10.3. The topological polar surface area (TPSA) is 66.6 Å². The van der Waals surface area contributed by atoms with E-state index in [1.165, 1.54) is 4.90 Å². The first-order valence-corrected chi connectivity index (χ1v) is 7.80. The number of hydrogen-bond donors (Lipinski definition) is 1. The van der Waals surface area contributed by atoms with E-state index in [0.29, 0.717) is 23.7 Å². The summed E-state index contributed by atoms with van der Waals surface area (Å²) in [5.74, 6) is -0.512. The van der Waals surface area contributed by atoms with Crippen molar-refractivity contribution in [3.05, 3.63) is 29.3 Å². The third-order valence-electron chi connectivity index (χ3n) is 4.31.